The van der Waals surface area contributed by atoms with Gasteiger partial charge in [0.15, 0.2) is 0 Å². The van der Waals surface area contributed by atoms with Crippen LogP contribution in [0.3, 0.4) is 0 Å². The van der Waals surface area contributed by atoms with E-state index in [9.17, 15) is 4.79 Å². The fourth-order valence-corrected chi connectivity index (χ4v) is 1.41. The lowest BCUT2D eigenvalue weighted by Crippen LogP contribution is -2.27. The van der Waals surface area contributed by atoms with Crippen LogP contribution < -0.4 is 0 Å². The molecule has 1 aliphatic heterocycles. The quantitative estimate of drug-likeness (QED) is 0.589. The number of hydrogen-bond acceptors (Lipinski definition) is 3. The highest BCUT2D eigenvalue weighted by molar-refractivity contribution is 5.79. The standard InChI is InChI=1S/C8H13NO3/c10-6-7-2-1-4-9(7)5-3-8(11)12/h3,5,7,10H,1-2,4,6H2,(H,11,12). The van der Waals surface area contributed by atoms with Crippen LogP contribution >= 0.6 is 0 Å². The predicted molar refractivity (Wildman–Crippen MR) is 43.6 cm³/mol. The average Bonchev–Trinajstić information content (AvgIpc) is 2.47. The van der Waals surface area contributed by atoms with Gasteiger partial charge in [0.2, 0.25) is 0 Å². The van der Waals surface area contributed by atoms with Gasteiger partial charge in [-0.2, -0.15) is 0 Å². The number of carboxylic acids is 1. The van der Waals surface area contributed by atoms with E-state index in [2.05, 4.69) is 0 Å². The van der Waals surface area contributed by atoms with Crippen molar-refractivity contribution in [2.24, 2.45) is 0 Å². The van der Waals surface area contributed by atoms with E-state index in [0.29, 0.717) is 0 Å². The fourth-order valence-electron chi connectivity index (χ4n) is 1.41. The summed E-state index contributed by atoms with van der Waals surface area (Å²) in [5, 5.41) is 17.2. The Balaban J connectivity index is 2.45. The van der Waals surface area contributed by atoms with Gasteiger partial charge in [-0.05, 0) is 12.8 Å². The van der Waals surface area contributed by atoms with E-state index in [0.717, 1.165) is 25.5 Å². The molecule has 1 heterocycles. The first-order valence-corrected chi connectivity index (χ1v) is 4.02. The van der Waals surface area contributed by atoms with Gasteiger partial charge in [0, 0.05) is 18.8 Å². The molecule has 2 N–H and O–H groups in total. The van der Waals surface area contributed by atoms with Crippen molar-refractivity contribution in [2.45, 2.75) is 18.9 Å². The molecule has 0 aromatic heterocycles. The Labute approximate surface area is 71.1 Å². The molecule has 4 heteroatoms. The van der Waals surface area contributed by atoms with Crippen LogP contribution in [0.2, 0.25) is 0 Å². The van der Waals surface area contributed by atoms with Gasteiger partial charge in [0.25, 0.3) is 0 Å². The minimum absolute atomic E-state index is 0.101. The molecule has 0 amide bonds. The van der Waals surface area contributed by atoms with Crippen molar-refractivity contribution >= 4 is 5.97 Å². The number of rotatable bonds is 3. The smallest absolute Gasteiger partial charge is 0.329 e. The van der Waals surface area contributed by atoms with Crippen LogP contribution in [0.5, 0.6) is 0 Å². The number of nitrogens with zero attached hydrogens (tertiary/aromatic N) is 1. The Morgan fingerprint density at radius 2 is 2.42 bits per heavy atom. The molecule has 1 atom stereocenters. The second kappa shape index (κ2) is 4.11. The minimum atomic E-state index is -0.946. The van der Waals surface area contributed by atoms with Gasteiger partial charge in [-0.15, -0.1) is 0 Å². The van der Waals surface area contributed by atoms with Gasteiger partial charge in [-0.1, -0.05) is 0 Å². The van der Waals surface area contributed by atoms with Crippen molar-refractivity contribution in [1.29, 1.82) is 0 Å². The summed E-state index contributed by atoms with van der Waals surface area (Å²) in [5.74, 6) is -0.946. The van der Waals surface area contributed by atoms with E-state index < -0.39 is 5.97 Å². The highest BCUT2D eigenvalue weighted by Crippen LogP contribution is 2.16. The topological polar surface area (TPSA) is 60.8 Å². The molecule has 0 radical (unpaired) electrons. The number of hydrogen-bond donors (Lipinski definition) is 2. The molecular formula is C8H13NO3. The first-order chi connectivity index (χ1) is 5.74. The maximum atomic E-state index is 10.2. The Morgan fingerprint density at radius 1 is 1.67 bits per heavy atom. The monoisotopic (exact) mass is 171 g/mol. The van der Waals surface area contributed by atoms with Gasteiger partial charge in [-0.3, -0.25) is 0 Å². The molecule has 1 unspecified atom stereocenters. The third-order valence-electron chi connectivity index (χ3n) is 2.04. The molecule has 0 saturated carbocycles. The third kappa shape index (κ3) is 2.23. The van der Waals surface area contributed by atoms with Crippen molar-refractivity contribution in [1.82, 2.24) is 4.90 Å². The van der Waals surface area contributed by atoms with Gasteiger partial charge in [0.1, 0.15) is 0 Å². The molecule has 0 aromatic rings. The summed E-state index contributed by atoms with van der Waals surface area (Å²) in [5.41, 5.74) is 0. The van der Waals surface area contributed by atoms with Crippen LogP contribution in [0.1, 0.15) is 12.8 Å². The van der Waals surface area contributed by atoms with Crippen molar-refractivity contribution < 1.29 is 15.0 Å². The maximum Gasteiger partial charge on any atom is 0.329 e. The van der Waals surface area contributed by atoms with Crippen molar-refractivity contribution in [2.75, 3.05) is 13.2 Å². The fraction of sp³-hybridized carbons (Fsp3) is 0.625. The van der Waals surface area contributed by atoms with E-state index in [1.165, 1.54) is 6.20 Å². The number of carboxylic acid groups (broad SMARTS) is 1. The van der Waals surface area contributed by atoms with Gasteiger partial charge in [0.05, 0.1) is 12.6 Å². The summed E-state index contributed by atoms with van der Waals surface area (Å²) >= 11 is 0. The van der Waals surface area contributed by atoms with Crippen LogP contribution in [0.15, 0.2) is 12.3 Å². The average molecular weight is 171 g/mol. The molecule has 1 aliphatic rings. The first kappa shape index (κ1) is 9.06. The SMILES string of the molecule is O=C(O)C=CN1CCCC1CO. The summed E-state index contributed by atoms with van der Waals surface area (Å²) in [4.78, 5) is 12.0. The number of aliphatic hydroxyl groups is 1. The zero-order chi connectivity index (χ0) is 8.97. The molecular weight excluding hydrogens is 158 g/mol. The lowest BCUT2D eigenvalue weighted by molar-refractivity contribution is -0.131. The van der Waals surface area contributed by atoms with E-state index in [1.807, 2.05) is 4.90 Å². The van der Waals surface area contributed by atoms with Crippen LogP contribution in [-0.4, -0.2) is 40.3 Å². The van der Waals surface area contributed by atoms with Crippen molar-refractivity contribution in [3.05, 3.63) is 12.3 Å². The second-order valence-electron chi connectivity index (χ2n) is 2.87. The number of carbonyl (C=O) groups is 1. The predicted octanol–water partition coefficient (Wildman–Crippen LogP) is 0.0414. The number of likely N-dealkylation sites (tertiary alicyclic amines) is 1. The number of aliphatic carboxylic acids is 1. The van der Waals surface area contributed by atoms with Crippen molar-refractivity contribution in [3.8, 4) is 0 Å². The van der Waals surface area contributed by atoms with E-state index in [4.69, 9.17) is 10.2 Å². The Kier molecular flexibility index (Phi) is 3.10. The summed E-state index contributed by atoms with van der Waals surface area (Å²) in [6, 6.07) is 0.112. The lowest BCUT2D eigenvalue weighted by atomic mass is 10.2. The zero-order valence-corrected chi connectivity index (χ0v) is 6.81. The molecule has 0 bridgehead atoms. The molecule has 0 aliphatic carbocycles. The first-order valence-electron chi connectivity index (χ1n) is 4.02. The highest BCUT2D eigenvalue weighted by atomic mass is 16.4. The summed E-state index contributed by atoms with van der Waals surface area (Å²) in [6.45, 7) is 0.943. The largest absolute Gasteiger partial charge is 0.478 e. The summed E-state index contributed by atoms with van der Waals surface area (Å²) in [7, 11) is 0. The Bertz CT molecular complexity index is 191. The Morgan fingerprint density at radius 3 is 3.00 bits per heavy atom. The second-order valence-corrected chi connectivity index (χ2v) is 2.87. The van der Waals surface area contributed by atoms with Gasteiger partial charge < -0.3 is 15.1 Å². The Hall–Kier alpha value is -1.03. The maximum absolute atomic E-state index is 10.2. The van der Waals surface area contributed by atoms with Crippen LogP contribution in [0.25, 0.3) is 0 Å². The molecule has 12 heavy (non-hydrogen) atoms. The summed E-state index contributed by atoms with van der Waals surface area (Å²) in [6.07, 6.45) is 4.61. The molecule has 0 aromatic carbocycles. The van der Waals surface area contributed by atoms with E-state index in [1.54, 1.807) is 0 Å². The van der Waals surface area contributed by atoms with Gasteiger partial charge in [-0.25, -0.2) is 4.79 Å². The zero-order valence-electron chi connectivity index (χ0n) is 6.81. The number of aliphatic hydroxyl groups excluding tert-OH is 1. The molecule has 1 saturated heterocycles. The van der Waals surface area contributed by atoms with Crippen LogP contribution in [-0.2, 0) is 4.79 Å². The molecule has 0 spiro atoms. The van der Waals surface area contributed by atoms with Crippen LogP contribution in [0, 0.1) is 0 Å². The van der Waals surface area contributed by atoms with E-state index in [-0.39, 0.29) is 12.6 Å². The minimum Gasteiger partial charge on any atom is -0.478 e. The van der Waals surface area contributed by atoms with Crippen LogP contribution in [0.4, 0.5) is 0 Å². The van der Waals surface area contributed by atoms with E-state index >= 15 is 0 Å². The highest BCUT2D eigenvalue weighted by Gasteiger charge is 2.20. The molecule has 1 fully saturated rings. The molecule has 68 valence electrons. The lowest BCUT2D eigenvalue weighted by Gasteiger charge is -2.19. The molecule has 4 nitrogen and oxygen atoms in total. The summed E-state index contributed by atoms with van der Waals surface area (Å²) < 4.78 is 0. The van der Waals surface area contributed by atoms with Gasteiger partial charge >= 0.3 is 5.97 Å². The van der Waals surface area contributed by atoms with Crippen molar-refractivity contribution in [3.63, 3.8) is 0 Å². The normalized spacial score (nSPS) is 23.8. The molecule has 1 rings (SSSR count). The third-order valence-corrected chi connectivity index (χ3v) is 2.04.